The molecule has 1 heterocycles. The molecule has 0 saturated carbocycles. The first-order chi connectivity index (χ1) is 6.69. The highest BCUT2D eigenvalue weighted by atomic mass is 79.9. The number of hydrogen-bond acceptors (Lipinski definition) is 2. The van der Waals surface area contributed by atoms with Crippen LogP contribution in [0.1, 0.15) is 6.92 Å². The van der Waals surface area contributed by atoms with E-state index in [2.05, 4.69) is 21.9 Å². The number of nitrogens with two attached hydrogens (primary N) is 1. The van der Waals surface area contributed by atoms with Crippen LogP contribution in [0, 0.1) is 12.3 Å². The summed E-state index contributed by atoms with van der Waals surface area (Å²) in [5, 5.41) is 0. The van der Waals surface area contributed by atoms with Gasteiger partial charge >= 0.3 is 0 Å². The van der Waals surface area contributed by atoms with Gasteiger partial charge in [0, 0.05) is 0 Å². The number of anilines is 1. The fourth-order valence-electron chi connectivity index (χ4n) is 1.06. The molecule has 1 aromatic rings. The van der Waals surface area contributed by atoms with Crippen molar-refractivity contribution in [1.82, 2.24) is 0 Å². The second-order valence-electron chi connectivity index (χ2n) is 2.68. The summed E-state index contributed by atoms with van der Waals surface area (Å²) in [5.74, 6) is 3.85. The average molecular weight is 256 g/mol. The highest BCUT2D eigenvalue weighted by Crippen LogP contribution is 2.24. The number of ether oxygens (including phenoxy) is 1. The lowest BCUT2D eigenvalue weighted by molar-refractivity contribution is -0.670. The molecule has 0 aliphatic heterocycles. The normalized spacial score (nSPS) is 9.50. The standard InChI is InChI=1S/C10H11BrN2O/c1-3-5-13-7-8(11)9(14-4-2)6-10(13)12/h1,6-7,12H,4-5H2,2H3/p+1. The molecule has 0 aliphatic rings. The molecular formula is C10H12BrN2O+. The molecule has 1 aromatic heterocycles. The number of hydrogen-bond donors (Lipinski definition) is 1. The molecule has 0 unspecified atom stereocenters. The summed E-state index contributed by atoms with van der Waals surface area (Å²) >= 11 is 3.38. The van der Waals surface area contributed by atoms with Gasteiger partial charge in [0.25, 0.3) is 5.82 Å². The summed E-state index contributed by atoms with van der Waals surface area (Å²) < 4.78 is 7.98. The summed E-state index contributed by atoms with van der Waals surface area (Å²) in [4.78, 5) is 0. The Bertz CT molecular complexity index is 371. The van der Waals surface area contributed by atoms with E-state index >= 15 is 0 Å². The van der Waals surface area contributed by atoms with Gasteiger partial charge in [-0.2, -0.15) is 0 Å². The third-order valence-electron chi connectivity index (χ3n) is 1.68. The summed E-state index contributed by atoms with van der Waals surface area (Å²) in [6.45, 7) is 2.99. The van der Waals surface area contributed by atoms with Crippen LogP contribution in [0.15, 0.2) is 16.7 Å². The molecule has 0 amide bonds. The van der Waals surface area contributed by atoms with Gasteiger partial charge in [-0.3, -0.25) is 5.73 Å². The second-order valence-corrected chi connectivity index (χ2v) is 3.53. The molecule has 4 heteroatoms. The van der Waals surface area contributed by atoms with Crippen molar-refractivity contribution >= 4 is 21.7 Å². The van der Waals surface area contributed by atoms with Gasteiger partial charge in [-0.15, -0.1) is 6.42 Å². The summed E-state index contributed by atoms with van der Waals surface area (Å²) in [6, 6.07) is 1.75. The molecule has 14 heavy (non-hydrogen) atoms. The molecule has 3 nitrogen and oxygen atoms in total. The second kappa shape index (κ2) is 4.87. The minimum atomic E-state index is 0.455. The fourth-order valence-corrected chi connectivity index (χ4v) is 1.54. The zero-order valence-electron chi connectivity index (χ0n) is 7.96. The van der Waals surface area contributed by atoms with Gasteiger partial charge < -0.3 is 4.74 Å². The molecule has 0 saturated heterocycles. The summed E-state index contributed by atoms with van der Waals surface area (Å²) in [6.07, 6.45) is 7.02. The van der Waals surface area contributed by atoms with Crippen LogP contribution in [0.4, 0.5) is 5.82 Å². The van der Waals surface area contributed by atoms with Crippen LogP contribution < -0.4 is 15.0 Å². The van der Waals surface area contributed by atoms with Gasteiger partial charge in [-0.1, -0.05) is 5.92 Å². The van der Waals surface area contributed by atoms with E-state index in [0.29, 0.717) is 19.0 Å². The Morgan fingerprint density at radius 1 is 1.71 bits per heavy atom. The lowest BCUT2D eigenvalue weighted by atomic mass is 10.4. The van der Waals surface area contributed by atoms with Gasteiger partial charge in [0.1, 0.15) is 11.9 Å². The lowest BCUT2D eigenvalue weighted by Gasteiger charge is -2.06. The third-order valence-corrected chi connectivity index (χ3v) is 2.27. The monoisotopic (exact) mass is 255 g/mol. The first kappa shape index (κ1) is 10.9. The first-order valence-electron chi connectivity index (χ1n) is 4.23. The van der Waals surface area contributed by atoms with Crippen LogP contribution in [0.25, 0.3) is 0 Å². The van der Waals surface area contributed by atoms with E-state index in [-0.39, 0.29) is 0 Å². The number of pyridine rings is 1. The van der Waals surface area contributed by atoms with Crippen molar-refractivity contribution in [2.45, 2.75) is 13.5 Å². The van der Waals surface area contributed by atoms with Crippen LogP contribution >= 0.6 is 15.9 Å². The molecule has 1 rings (SSSR count). The molecule has 0 aromatic carbocycles. The molecule has 2 N–H and O–H groups in total. The van der Waals surface area contributed by atoms with Gasteiger partial charge in [-0.25, -0.2) is 4.57 Å². The maximum absolute atomic E-state index is 5.77. The molecule has 0 fully saturated rings. The highest BCUT2D eigenvalue weighted by Gasteiger charge is 2.10. The van der Waals surface area contributed by atoms with Crippen molar-refractivity contribution in [2.24, 2.45) is 0 Å². The smallest absolute Gasteiger partial charge is 0.276 e. The number of aromatic nitrogens is 1. The quantitative estimate of drug-likeness (QED) is 0.655. The zero-order chi connectivity index (χ0) is 10.6. The predicted octanol–water partition coefficient (Wildman–Crippen LogP) is 1.35. The Hall–Kier alpha value is -1.21. The predicted molar refractivity (Wildman–Crippen MR) is 58.8 cm³/mol. The minimum Gasteiger partial charge on any atom is -0.492 e. The molecule has 0 aliphatic carbocycles. The van der Waals surface area contributed by atoms with Crippen LogP contribution in [0.5, 0.6) is 5.75 Å². The Morgan fingerprint density at radius 3 is 3.00 bits per heavy atom. The van der Waals surface area contributed by atoms with Crippen molar-refractivity contribution in [3.8, 4) is 18.1 Å². The van der Waals surface area contributed by atoms with E-state index in [1.807, 2.05) is 13.1 Å². The lowest BCUT2D eigenvalue weighted by Crippen LogP contribution is -2.36. The van der Waals surface area contributed by atoms with Gasteiger partial charge in [0.05, 0.1) is 17.1 Å². The average Bonchev–Trinajstić information content (AvgIpc) is 2.14. The van der Waals surface area contributed by atoms with E-state index < -0.39 is 0 Å². The van der Waals surface area contributed by atoms with E-state index in [4.69, 9.17) is 16.9 Å². The molecular weight excluding hydrogens is 244 g/mol. The van der Waals surface area contributed by atoms with E-state index in [0.717, 1.165) is 10.2 Å². The van der Waals surface area contributed by atoms with Crippen LogP contribution in [0.2, 0.25) is 0 Å². The molecule has 74 valence electrons. The Balaban J connectivity index is 3.05. The number of terminal acetylenes is 1. The van der Waals surface area contributed by atoms with Crippen LogP contribution in [0.3, 0.4) is 0 Å². The third kappa shape index (κ3) is 2.39. The highest BCUT2D eigenvalue weighted by molar-refractivity contribution is 9.10. The Morgan fingerprint density at radius 2 is 2.43 bits per heavy atom. The Labute approximate surface area is 92.0 Å². The van der Waals surface area contributed by atoms with Crippen molar-refractivity contribution in [2.75, 3.05) is 12.3 Å². The summed E-state index contributed by atoms with van der Waals surface area (Å²) in [7, 11) is 0. The van der Waals surface area contributed by atoms with Crippen molar-refractivity contribution < 1.29 is 9.30 Å². The molecule has 0 spiro atoms. The van der Waals surface area contributed by atoms with Gasteiger partial charge in [0.2, 0.25) is 0 Å². The fraction of sp³-hybridized carbons (Fsp3) is 0.300. The molecule has 0 radical (unpaired) electrons. The van der Waals surface area contributed by atoms with Gasteiger partial charge in [0.15, 0.2) is 6.54 Å². The van der Waals surface area contributed by atoms with Crippen LogP contribution in [-0.2, 0) is 6.54 Å². The maximum Gasteiger partial charge on any atom is 0.276 e. The van der Waals surface area contributed by atoms with E-state index in [9.17, 15) is 0 Å². The first-order valence-corrected chi connectivity index (χ1v) is 5.03. The Kier molecular flexibility index (Phi) is 3.78. The van der Waals surface area contributed by atoms with Crippen LogP contribution in [-0.4, -0.2) is 6.61 Å². The maximum atomic E-state index is 5.77. The van der Waals surface area contributed by atoms with E-state index in [1.54, 1.807) is 10.6 Å². The minimum absolute atomic E-state index is 0.455. The van der Waals surface area contributed by atoms with E-state index in [1.165, 1.54) is 0 Å². The topological polar surface area (TPSA) is 39.1 Å². The van der Waals surface area contributed by atoms with Crippen molar-refractivity contribution in [1.29, 1.82) is 0 Å². The number of halogens is 1. The molecule has 0 bridgehead atoms. The van der Waals surface area contributed by atoms with Gasteiger partial charge in [-0.05, 0) is 22.9 Å². The summed E-state index contributed by atoms with van der Waals surface area (Å²) in [5.41, 5.74) is 5.77. The SMILES string of the molecule is C#CC[n+]1cc(Br)c(OCC)cc1N. The number of nitrogens with zero attached hydrogens (tertiary/aromatic N) is 1. The number of rotatable bonds is 3. The molecule has 0 atom stereocenters. The number of nitrogen functional groups attached to an aromatic ring is 1. The van der Waals surface area contributed by atoms with Crippen molar-refractivity contribution in [3.63, 3.8) is 0 Å². The largest absolute Gasteiger partial charge is 0.492 e. The van der Waals surface area contributed by atoms with Crippen molar-refractivity contribution in [3.05, 3.63) is 16.7 Å². The zero-order valence-corrected chi connectivity index (χ0v) is 9.54.